The number of benzene rings is 1. The Hall–Kier alpha value is -2.67. The summed E-state index contributed by atoms with van der Waals surface area (Å²) in [4.78, 5) is 37.2. The third-order valence-electron chi connectivity index (χ3n) is 3.33. The van der Waals surface area contributed by atoms with Crippen molar-refractivity contribution in [3.8, 4) is 5.75 Å². The monoisotopic (exact) mass is 362 g/mol. The lowest BCUT2D eigenvalue weighted by atomic mass is 10.0. The number of ketones is 1. The molecule has 25 heavy (non-hydrogen) atoms. The first-order valence-corrected chi connectivity index (χ1v) is 8.55. The Kier molecular flexibility index (Phi) is 6.30. The standard InChI is InChI=1S/C18H18O6S/c1-4-23-17(20)14-13(10-25-16(14)18(21)24-5-2)15(19)11-6-8-12(22-3)9-7-11/h6-10H,4-5H2,1-3H3. The molecule has 2 aromatic rings. The van der Waals surface area contributed by atoms with Gasteiger partial charge in [0, 0.05) is 16.5 Å². The minimum absolute atomic E-state index is 0.0499. The largest absolute Gasteiger partial charge is 0.497 e. The molecule has 0 fully saturated rings. The van der Waals surface area contributed by atoms with Gasteiger partial charge in [-0.05, 0) is 38.1 Å². The highest BCUT2D eigenvalue weighted by atomic mass is 32.1. The Labute approximate surface area is 149 Å². The van der Waals surface area contributed by atoms with Crippen LogP contribution in [0.5, 0.6) is 5.75 Å². The van der Waals surface area contributed by atoms with E-state index in [1.807, 2.05) is 0 Å². The normalized spacial score (nSPS) is 10.2. The number of hydrogen-bond donors (Lipinski definition) is 0. The van der Waals surface area contributed by atoms with Crippen LogP contribution in [0, 0.1) is 0 Å². The highest BCUT2D eigenvalue weighted by Crippen LogP contribution is 2.27. The molecule has 2 rings (SSSR count). The molecule has 1 heterocycles. The van der Waals surface area contributed by atoms with Crippen LogP contribution in [0.25, 0.3) is 0 Å². The summed E-state index contributed by atoms with van der Waals surface area (Å²) in [7, 11) is 1.53. The van der Waals surface area contributed by atoms with Crippen LogP contribution in [0.3, 0.4) is 0 Å². The average molecular weight is 362 g/mol. The molecule has 0 aliphatic heterocycles. The van der Waals surface area contributed by atoms with E-state index >= 15 is 0 Å². The predicted molar refractivity (Wildman–Crippen MR) is 92.7 cm³/mol. The van der Waals surface area contributed by atoms with Gasteiger partial charge in [-0.3, -0.25) is 4.79 Å². The zero-order chi connectivity index (χ0) is 18.4. The first-order valence-electron chi connectivity index (χ1n) is 7.67. The lowest BCUT2D eigenvalue weighted by Crippen LogP contribution is -2.15. The van der Waals surface area contributed by atoms with Crippen LogP contribution < -0.4 is 4.74 Å². The maximum absolute atomic E-state index is 12.8. The van der Waals surface area contributed by atoms with E-state index in [4.69, 9.17) is 14.2 Å². The van der Waals surface area contributed by atoms with Crippen LogP contribution >= 0.6 is 11.3 Å². The third kappa shape index (κ3) is 4.06. The summed E-state index contributed by atoms with van der Waals surface area (Å²) in [6.07, 6.45) is 0. The number of ether oxygens (including phenoxy) is 3. The van der Waals surface area contributed by atoms with Gasteiger partial charge in [-0.25, -0.2) is 9.59 Å². The first kappa shape index (κ1) is 18.7. The number of esters is 2. The van der Waals surface area contributed by atoms with Crippen LogP contribution in [0.1, 0.15) is 49.8 Å². The summed E-state index contributed by atoms with van der Waals surface area (Å²) < 4.78 is 15.0. The highest BCUT2D eigenvalue weighted by Gasteiger charge is 2.29. The van der Waals surface area contributed by atoms with E-state index in [2.05, 4.69) is 0 Å². The maximum atomic E-state index is 12.8. The predicted octanol–water partition coefficient (Wildman–Crippen LogP) is 3.34. The molecule has 0 saturated carbocycles. The van der Waals surface area contributed by atoms with E-state index < -0.39 is 11.9 Å². The molecule has 0 aliphatic rings. The van der Waals surface area contributed by atoms with Crippen molar-refractivity contribution in [2.45, 2.75) is 13.8 Å². The van der Waals surface area contributed by atoms with Gasteiger partial charge in [-0.1, -0.05) is 0 Å². The summed E-state index contributed by atoms with van der Waals surface area (Å²) >= 11 is 0.988. The average Bonchev–Trinajstić information content (AvgIpc) is 3.07. The summed E-state index contributed by atoms with van der Waals surface area (Å²) in [5.74, 6) is -1.13. The van der Waals surface area contributed by atoms with Gasteiger partial charge < -0.3 is 14.2 Å². The third-order valence-corrected chi connectivity index (χ3v) is 4.29. The SMILES string of the molecule is CCOC(=O)c1scc(C(=O)c2ccc(OC)cc2)c1C(=O)OCC. The van der Waals surface area contributed by atoms with Crippen LogP contribution in [-0.2, 0) is 9.47 Å². The zero-order valence-corrected chi connectivity index (χ0v) is 15.0. The zero-order valence-electron chi connectivity index (χ0n) is 14.2. The molecule has 0 amide bonds. The van der Waals surface area contributed by atoms with Crippen LogP contribution in [0.15, 0.2) is 29.6 Å². The smallest absolute Gasteiger partial charge is 0.349 e. The van der Waals surface area contributed by atoms with Crippen molar-refractivity contribution in [2.75, 3.05) is 20.3 Å². The molecule has 0 radical (unpaired) electrons. The lowest BCUT2D eigenvalue weighted by molar-refractivity contribution is 0.0482. The van der Waals surface area contributed by atoms with Crippen LogP contribution in [-0.4, -0.2) is 38.0 Å². The summed E-state index contributed by atoms with van der Waals surface area (Å²) in [6, 6.07) is 6.49. The molecule has 132 valence electrons. The molecule has 0 saturated heterocycles. The maximum Gasteiger partial charge on any atom is 0.349 e. The molecular weight excluding hydrogens is 344 g/mol. The van der Waals surface area contributed by atoms with Crippen molar-refractivity contribution in [1.82, 2.24) is 0 Å². The molecular formula is C18H18O6S. The van der Waals surface area contributed by atoms with Crippen molar-refractivity contribution in [1.29, 1.82) is 0 Å². The molecule has 0 N–H and O–H groups in total. The van der Waals surface area contributed by atoms with Gasteiger partial charge in [0.15, 0.2) is 5.78 Å². The van der Waals surface area contributed by atoms with Gasteiger partial charge in [-0.15, -0.1) is 11.3 Å². The fraction of sp³-hybridized carbons (Fsp3) is 0.278. The topological polar surface area (TPSA) is 78.9 Å². The second kappa shape index (κ2) is 8.43. The molecule has 7 heteroatoms. The molecule has 0 atom stereocenters. The van der Waals surface area contributed by atoms with Crippen molar-refractivity contribution < 1.29 is 28.6 Å². The number of hydrogen-bond acceptors (Lipinski definition) is 7. The Morgan fingerprint density at radius 1 is 0.960 bits per heavy atom. The number of thiophene rings is 1. The number of rotatable bonds is 7. The van der Waals surface area contributed by atoms with Crippen molar-refractivity contribution >= 4 is 29.1 Å². The van der Waals surface area contributed by atoms with Gasteiger partial charge in [0.25, 0.3) is 0 Å². The van der Waals surface area contributed by atoms with Gasteiger partial charge in [0.2, 0.25) is 0 Å². The summed E-state index contributed by atoms with van der Waals surface area (Å²) in [6.45, 7) is 3.62. The van der Waals surface area contributed by atoms with Gasteiger partial charge in [-0.2, -0.15) is 0 Å². The van der Waals surface area contributed by atoms with E-state index in [0.29, 0.717) is 11.3 Å². The Morgan fingerprint density at radius 3 is 2.12 bits per heavy atom. The van der Waals surface area contributed by atoms with Gasteiger partial charge in [0.1, 0.15) is 10.6 Å². The fourth-order valence-corrected chi connectivity index (χ4v) is 3.10. The van der Waals surface area contributed by atoms with E-state index in [1.54, 1.807) is 38.1 Å². The Bertz CT molecular complexity index is 775. The molecule has 0 aliphatic carbocycles. The molecule has 0 bridgehead atoms. The molecule has 0 spiro atoms. The van der Waals surface area contributed by atoms with E-state index in [1.165, 1.54) is 12.5 Å². The number of carbonyl (C=O) groups excluding carboxylic acids is 3. The highest BCUT2D eigenvalue weighted by molar-refractivity contribution is 7.12. The van der Waals surface area contributed by atoms with Crippen molar-refractivity contribution in [2.24, 2.45) is 0 Å². The van der Waals surface area contributed by atoms with E-state index in [0.717, 1.165) is 11.3 Å². The minimum atomic E-state index is -0.719. The number of methoxy groups -OCH3 is 1. The molecule has 0 unspecified atom stereocenters. The Balaban J connectivity index is 2.46. The quantitative estimate of drug-likeness (QED) is 0.555. The first-order chi connectivity index (χ1) is 12.0. The lowest BCUT2D eigenvalue weighted by Gasteiger charge is -2.07. The van der Waals surface area contributed by atoms with Crippen LogP contribution in [0.4, 0.5) is 0 Å². The van der Waals surface area contributed by atoms with E-state index in [-0.39, 0.29) is 35.0 Å². The Morgan fingerprint density at radius 2 is 1.56 bits per heavy atom. The van der Waals surface area contributed by atoms with Gasteiger partial charge >= 0.3 is 11.9 Å². The van der Waals surface area contributed by atoms with Crippen molar-refractivity contribution in [3.05, 3.63) is 51.2 Å². The second-order valence-electron chi connectivity index (χ2n) is 4.85. The second-order valence-corrected chi connectivity index (χ2v) is 5.73. The minimum Gasteiger partial charge on any atom is -0.497 e. The molecule has 1 aromatic carbocycles. The van der Waals surface area contributed by atoms with Crippen LogP contribution in [0.2, 0.25) is 0 Å². The van der Waals surface area contributed by atoms with E-state index in [9.17, 15) is 14.4 Å². The van der Waals surface area contributed by atoms with Crippen molar-refractivity contribution in [3.63, 3.8) is 0 Å². The number of carbonyl (C=O) groups is 3. The molecule has 6 nitrogen and oxygen atoms in total. The summed E-state index contributed by atoms with van der Waals surface area (Å²) in [5, 5.41) is 1.48. The summed E-state index contributed by atoms with van der Waals surface area (Å²) in [5.41, 5.74) is 0.447. The molecule has 1 aromatic heterocycles. The van der Waals surface area contributed by atoms with Gasteiger partial charge in [0.05, 0.1) is 25.9 Å². The fourth-order valence-electron chi connectivity index (χ4n) is 2.18.